The molecule has 0 aromatic heterocycles. The highest BCUT2D eigenvalue weighted by Gasteiger charge is 2.33. The second-order valence-corrected chi connectivity index (χ2v) is 7.41. The van der Waals surface area contributed by atoms with Gasteiger partial charge < -0.3 is 24.4 Å². The quantitative estimate of drug-likeness (QED) is 0.882. The molecule has 1 aromatic carbocycles. The molecule has 0 spiro atoms. The van der Waals surface area contributed by atoms with Crippen LogP contribution in [-0.4, -0.2) is 65.9 Å². The Kier molecular flexibility index (Phi) is 6.47. The van der Waals surface area contributed by atoms with Crippen LogP contribution >= 0.6 is 0 Å². The van der Waals surface area contributed by atoms with Crippen molar-refractivity contribution in [2.45, 2.75) is 32.9 Å². The maximum atomic E-state index is 12.7. The van der Waals surface area contributed by atoms with Crippen LogP contribution in [0.15, 0.2) is 24.3 Å². The molecule has 1 aliphatic heterocycles. The Hall–Kier alpha value is -2.28. The van der Waals surface area contributed by atoms with Crippen molar-refractivity contribution in [1.29, 1.82) is 0 Å². The molecular formula is C19H28N2O5. The van der Waals surface area contributed by atoms with Gasteiger partial charge in [-0.2, -0.15) is 0 Å². The second kappa shape index (κ2) is 8.40. The van der Waals surface area contributed by atoms with Crippen LogP contribution in [0.4, 0.5) is 4.79 Å². The highest BCUT2D eigenvalue weighted by Crippen LogP contribution is 2.18. The Morgan fingerprint density at radius 3 is 2.42 bits per heavy atom. The van der Waals surface area contributed by atoms with Gasteiger partial charge in [0.15, 0.2) is 0 Å². The predicted molar refractivity (Wildman–Crippen MR) is 96.8 cm³/mol. The molecule has 0 bridgehead atoms. The molecule has 1 unspecified atom stereocenters. The van der Waals surface area contributed by atoms with E-state index in [1.54, 1.807) is 32.8 Å². The van der Waals surface area contributed by atoms with Gasteiger partial charge in [0, 0.05) is 26.2 Å². The molecule has 2 amide bonds. The highest BCUT2D eigenvalue weighted by molar-refractivity contribution is 5.80. The third-order valence-electron chi connectivity index (χ3n) is 4.15. The molecule has 1 fully saturated rings. The predicted octanol–water partition coefficient (Wildman–Crippen LogP) is 1.88. The Morgan fingerprint density at radius 2 is 1.88 bits per heavy atom. The standard InChI is InChI=1S/C19H28N2O5/c1-19(2,3)26-18(24)21-10-9-20(17(23)15(12-21)13-22)11-14-5-7-16(25-4)8-6-14/h5-8,15,22H,9-13H2,1-4H3. The molecule has 1 saturated heterocycles. The summed E-state index contributed by atoms with van der Waals surface area (Å²) >= 11 is 0. The van der Waals surface area contributed by atoms with Crippen LogP contribution in [0.1, 0.15) is 26.3 Å². The van der Waals surface area contributed by atoms with Crippen LogP contribution in [0, 0.1) is 5.92 Å². The van der Waals surface area contributed by atoms with E-state index in [1.807, 2.05) is 24.3 Å². The summed E-state index contributed by atoms with van der Waals surface area (Å²) in [5.41, 5.74) is 0.354. The summed E-state index contributed by atoms with van der Waals surface area (Å²) in [6, 6.07) is 7.48. The van der Waals surface area contributed by atoms with E-state index in [0.717, 1.165) is 11.3 Å². The number of aliphatic hydroxyl groups is 1. The minimum absolute atomic E-state index is 0.156. The Bertz CT molecular complexity index is 624. The first kappa shape index (κ1) is 20.0. The molecule has 1 heterocycles. The van der Waals surface area contributed by atoms with Crippen molar-refractivity contribution in [3.05, 3.63) is 29.8 Å². The molecule has 0 saturated carbocycles. The maximum absolute atomic E-state index is 12.7. The molecular weight excluding hydrogens is 336 g/mol. The molecule has 144 valence electrons. The summed E-state index contributed by atoms with van der Waals surface area (Å²) < 4.78 is 10.5. The van der Waals surface area contributed by atoms with Gasteiger partial charge >= 0.3 is 6.09 Å². The lowest BCUT2D eigenvalue weighted by molar-refractivity contribution is -0.136. The van der Waals surface area contributed by atoms with Crippen molar-refractivity contribution in [1.82, 2.24) is 9.80 Å². The van der Waals surface area contributed by atoms with E-state index >= 15 is 0 Å². The second-order valence-electron chi connectivity index (χ2n) is 7.41. The number of hydrogen-bond donors (Lipinski definition) is 1. The SMILES string of the molecule is COc1ccc(CN2CCN(C(=O)OC(C)(C)C)CC(CO)C2=O)cc1. The molecule has 1 atom stereocenters. The first-order valence-electron chi connectivity index (χ1n) is 8.74. The number of hydrogen-bond acceptors (Lipinski definition) is 5. The Morgan fingerprint density at radius 1 is 1.23 bits per heavy atom. The summed E-state index contributed by atoms with van der Waals surface area (Å²) in [6.45, 7) is 6.42. The maximum Gasteiger partial charge on any atom is 0.410 e. The molecule has 0 radical (unpaired) electrons. The summed E-state index contributed by atoms with van der Waals surface area (Å²) in [4.78, 5) is 28.2. The lowest BCUT2D eigenvalue weighted by Gasteiger charge is -2.27. The summed E-state index contributed by atoms with van der Waals surface area (Å²) in [5.74, 6) is -0.0575. The van der Waals surface area contributed by atoms with E-state index in [0.29, 0.717) is 19.6 Å². The van der Waals surface area contributed by atoms with Gasteiger partial charge in [-0.05, 0) is 38.5 Å². The van der Waals surface area contributed by atoms with Crippen LogP contribution in [0.25, 0.3) is 0 Å². The number of amides is 2. The van der Waals surface area contributed by atoms with E-state index in [1.165, 1.54) is 4.90 Å². The fourth-order valence-corrected chi connectivity index (χ4v) is 2.78. The van der Waals surface area contributed by atoms with E-state index in [2.05, 4.69) is 0 Å². The Labute approximate surface area is 154 Å². The van der Waals surface area contributed by atoms with Crippen molar-refractivity contribution < 1.29 is 24.2 Å². The minimum atomic E-state index is -0.650. The van der Waals surface area contributed by atoms with Crippen LogP contribution < -0.4 is 4.74 Å². The summed E-state index contributed by atoms with van der Waals surface area (Å²) in [6.07, 6.45) is -0.463. The highest BCUT2D eigenvalue weighted by atomic mass is 16.6. The van der Waals surface area contributed by atoms with Gasteiger partial charge in [0.05, 0.1) is 19.6 Å². The molecule has 1 aliphatic rings. The van der Waals surface area contributed by atoms with Crippen molar-refractivity contribution in [3.8, 4) is 5.75 Å². The number of nitrogens with zero attached hydrogens (tertiary/aromatic N) is 2. The largest absolute Gasteiger partial charge is 0.497 e. The zero-order valence-electron chi connectivity index (χ0n) is 15.9. The smallest absolute Gasteiger partial charge is 0.410 e. The Balaban J connectivity index is 2.09. The first-order valence-corrected chi connectivity index (χ1v) is 8.74. The number of carbonyl (C=O) groups is 2. The zero-order chi connectivity index (χ0) is 19.3. The molecule has 7 nitrogen and oxygen atoms in total. The third-order valence-corrected chi connectivity index (χ3v) is 4.15. The van der Waals surface area contributed by atoms with Crippen molar-refractivity contribution in [3.63, 3.8) is 0 Å². The van der Waals surface area contributed by atoms with Gasteiger partial charge in [-0.25, -0.2) is 4.79 Å². The molecule has 26 heavy (non-hydrogen) atoms. The van der Waals surface area contributed by atoms with Crippen LogP contribution in [0.3, 0.4) is 0 Å². The fourth-order valence-electron chi connectivity index (χ4n) is 2.78. The van der Waals surface area contributed by atoms with Crippen LogP contribution in [-0.2, 0) is 16.1 Å². The first-order chi connectivity index (χ1) is 12.2. The van der Waals surface area contributed by atoms with Gasteiger partial charge in [-0.1, -0.05) is 12.1 Å². The average Bonchev–Trinajstić information content (AvgIpc) is 2.74. The monoisotopic (exact) mass is 364 g/mol. The molecule has 0 aliphatic carbocycles. The van der Waals surface area contributed by atoms with E-state index in [9.17, 15) is 14.7 Å². The average molecular weight is 364 g/mol. The van der Waals surface area contributed by atoms with Crippen molar-refractivity contribution >= 4 is 12.0 Å². The lowest BCUT2D eigenvalue weighted by Crippen LogP contribution is -2.41. The van der Waals surface area contributed by atoms with E-state index in [-0.39, 0.29) is 19.1 Å². The number of methoxy groups -OCH3 is 1. The summed E-state index contributed by atoms with van der Waals surface area (Å²) in [5, 5.41) is 9.63. The topological polar surface area (TPSA) is 79.3 Å². The number of rotatable bonds is 4. The zero-order valence-corrected chi connectivity index (χ0v) is 15.9. The van der Waals surface area contributed by atoms with Gasteiger partial charge in [-0.3, -0.25) is 4.79 Å². The molecule has 2 rings (SSSR count). The number of benzene rings is 1. The van der Waals surface area contributed by atoms with Gasteiger partial charge in [0.2, 0.25) is 5.91 Å². The van der Waals surface area contributed by atoms with Crippen LogP contribution in [0.2, 0.25) is 0 Å². The van der Waals surface area contributed by atoms with Crippen molar-refractivity contribution in [2.75, 3.05) is 33.4 Å². The number of aliphatic hydroxyl groups excluding tert-OH is 1. The molecule has 1 N–H and O–H groups in total. The van der Waals surface area contributed by atoms with E-state index in [4.69, 9.17) is 9.47 Å². The van der Waals surface area contributed by atoms with E-state index < -0.39 is 17.6 Å². The van der Waals surface area contributed by atoms with Gasteiger partial charge in [0.25, 0.3) is 0 Å². The van der Waals surface area contributed by atoms with Gasteiger partial charge in [-0.15, -0.1) is 0 Å². The molecule has 1 aromatic rings. The third kappa shape index (κ3) is 5.36. The lowest BCUT2D eigenvalue weighted by atomic mass is 10.1. The summed E-state index contributed by atoms with van der Waals surface area (Å²) in [7, 11) is 1.60. The van der Waals surface area contributed by atoms with Gasteiger partial charge in [0.1, 0.15) is 11.4 Å². The molecule has 7 heteroatoms. The normalized spacial score (nSPS) is 18.5. The minimum Gasteiger partial charge on any atom is -0.497 e. The fraction of sp³-hybridized carbons (Fsp3) is 0.579. The van der Waals surface area contributed by atoms with Crippen LogP contribution in [0.5, 0.6) is 5.75 Å². The number of carbonyl (C=O) groups excluding carboxylic acids is 2. The van der Waals surface area contributed by atoms with Crippen molar-refractivity contribution in [2.24, 2.45) is 5.92 Å². The number of ether oxygens (including phenoxy) is 2.